The van der Waals surface area contributed by atoms with Crippen molar-refractivity contribution < 1.29 is 44.5 Å². The van der Waals surface area contributed by atoms with Crippen LogP contribution in [0.1, 0.15) is 40.5 Å². The maximum Gasteiger partial charge on any atom is 0.432 e. The first-order valence-electron chi connectivity index (χ1n) is 9.13. The van der Waals surface area contributed by atoms with E-state index in [1.54, 1.807) is 36.4 Å². The molecule has 2 atom stereocenters. The third-order valence-corrected chi connectivity index (χ3v) is 6.69. The Labute approximate surface area is 173 Å². The number of rotatable bonds is 4. The summed E-state index contributed by atoms with van der Waals surface area (Å²) >= 11 is 0. The fraction of sp³-hybridized carbons (Fsp3) is 0.350. The monoisotopic (exact) mass is 462 g/mol. The quantitative estimate of drug-likeness (QED) is 0.418. The standard InChI is InChI=1S/C20H15F5O5S/c21-19(22,23)18(20(24,25)31(27,28)29)30-17(26)15-9-14-10-5-1-3-7-12(10)16(15)13-8-4-2-6-11(13)14/h1-8,14-16,18H,9H2,(H,27,28,29). The molecule has 0 saturated carbocycles. The van der Waals surface area contributed by atoms with Crippen LogP contribution in [0, 0.1) is 5.92 Å². The van der Waals surface area contributed by atoms with E-state index in [1.165, 1.54) is 0 Å². The summed E-state index contributed by atoms with van der Waals surface area (Å²) in [5.74, 6) is -3.94. The third kappa shape index (κ3) is 3.39. The third-order valence-electron chi connectivity index (χ3n) is 5.79. The van der Waals surface area contributed by atoms with Crippen molar-refractivity contribution >= 4 is 16.1 Å². The van der Waals surface area contributed by atoms with Crippen LogP contribution in [0.5, 0.6) is 0 Å². The second-order valence-corrected chi connectivity index (χ2v) is 9.02. The number of hydrogen-bond donors (Lipinski definition) is 1. The van der Waals surface area contributed by atoms with Crippen molar-refractivity contribution in [2.45, 2.75) is 35.8 Å². The van der Waals surface area contributed by atoms with Gasteiger partial charge in [0.15, 0.2) is 0 Å². The number of fused-ring (bicyclic) bond motifs is 1. The molecule has 2 unspecified atom stereocenters. The predicted octanol–water partition coefficient (Wildman–Crippen LogP) is 4.24. The number of carbonyl (C=O) groups is 1. The van der Waals surface area contributed by atoms with E-state index >= 15 is 0 Å². The van der Waals surface area contributed by atoms with Crippen LogP contribution in [-0.2, 0) is 19.6 Å². The molecule has 5 nitrogen and oxygen atoms in total. The summed E-state index contributed by atoms with van der Waals surface area (Å²) in [4.78, 5) is 12.7. The van der Waals surface area contributed by atoms with Gasteiger partial charge in [-0.3, -0.25) is 9.35 Å². The number of esters is 1. The van der Waals surface area contributed by atoms with Crippen molar-refractivity contribution in [2.24, 2.45) is 5.92 Å². The maximum atomic E-state index is 13.8. The summed E-state index contributed by atoms with van der Waals surface area (Å²) in [5.41, 5.74) is 3.10. The number of carbonyl (C=O) groups excluding carboxylic acids is 1. The van der Waals surface area contributed by atoms with Crippen LogP contribution in [-0.4, -0.2) is 36.5 Å². The van der Waals surface area contributed by atoms with Crippen LogP contribution in [0.2, 0.25) is 0 Å². The fourth-order valence-corrected chi connectivity index (χ4v) is 4.98. The molecule has 5 rings (SSSR count). The second kappa shape index (κ2) is 6.99. The number of hydrogen-bond acceptors (Lipinski definition) is 4. The van der Waals surface area contributed by atoms with Gasteiger partial charge in [-0.1, -0.05) is 48.5 Å². The first-order chi connectivity index (χ1) is 14.3. The van der Waals surface area contributed by atoms with Gasteiger partial charge in [0, 0.05) is 11.8 Å². The summed E-state index contributed by atoms with van der Waals surface area (Å²) < 4.78 is 102. The molecule has 31 heavy (non-hydrogen) atoms. The summed E-state index contributed by atoms with van der Waals surface area (Å²) in [6.45, 7) is 0. The molecule has 3 aliphatic carbocycles. The molecule has 2 aromatic rings. The van der Waals surface area contributed by atoms with Crippen LogP contribution in [0.3, 0.4) is 0 Å². The molecule has 0 fully saturated rings. The maximum absolute atomic E-state index is 13.8. The molecular formula is C20H15F5O5S. The number of ether oxygens (including phenoxy) is 1. The minimum atomic E-state index is -6.50. The van der Waals surface area contributed by atoms with E-state index in [4.69, 9.17) is 4.55 Å². The molecule has 166 valence electrons. The van der Waals surface area contributed by atoms with Crippen LogP contribution >= 0.6 is 0 Å². The van der Waals surface area contributed by atoms with Crippen molar-refractivity contribution in [2.75, 3.05) is 0 Å². The first kappa shape index (κ1) is 21.7. The molecule has 0 aliphatic heterocycles. The van der Waals surface area contributed by atoms with E-state index in [0.29, 0.717) is 11.1 Å². The zero-order valence-electron chi connectivity index (χ0n) is 15.5. The first-order valence-corrected chi connectivity index (χ1v) is 10.6. The summed E-state index contributed by atoms with van der Waals surface area (Å²) in [7, 11) is -6.50. The van der Waals surface area contributed by atoms with Crippen molar-refractivity contribution in [1.82, 2.24) is 0 Å². The van der Waals surface area contributed by atoms with E-state index in [0.717, 1.165) is 11.1 Å². The van der Waals surface area contributed by atoms with E-state index in [2.05, 4.69) is 4.74 Å². The SMILES string of the molecule is O=C(OC(C(F)(F)F)C(F)(F)S(=O)(=O)O)C1CC2c3ccccc3C1c1ccccc12. The average molecular weight is 462 g/mol. The lowest BCUT2D eigenvalue weighted by Crippen LogP contribution is -2.53. The summed E-state index contributed by atoms with van der Waals surface area (Å²) in [5, 5.41) is -5.76. The average Bonchev–Trinajstić information content (AvgIpc) is 2.70. The molecule has 11 heteroatoms. The lowest BCUT2D eigenvalue weighted by Gasteiger charge is -2.44. The normalized spacial score (nSPS) is 23.6. The van der Waals surface area contributed by atoms with Crippen LogP contribution in [0.4, 0.5) is 22.0 Å². The highest BCUT2D eigenvalue weighted by molar-refractivity contribution is 7.86. The van der Waals surface area contributed by atoms with Crippen molar-refractivity contribution in [3.8, 4) is 0 Å². The van der Waals surface area contributed by atoms with Gasteiger partial charge in [0.1, 0.15) is 0 Å². The Morgan fingerprint density at radius 2 is 1.39 bits per heavy atom. The van der Waals surface area contributed by atoms with Gasteiger partial charge in [-0.2, -0.15) is 30.4 Å². The lowest BCUT2D eigenvalue weighted by atomic mass is 9.59. The van der Waals surface area contributed by atoms with Crippen LogP contribution in [0.15, 0.2) is 48.5 Å². The molecular weight excluding hydrogens is 447 g/mol. The summed E-state index contributed by atoms with van der Waals surface area (Å²) in [6.07, 6.45) is -10.3. The molecule has 2 aromatic carbocycles. The molecule has 0 radical (unpaired) electrons. The zero-order valence-corrected chi connectivity index (χ0v) is 16.3. The number of alkyl halides is 5. The van der Waals surface area contributed by atoms with Gasteiger partial charge in [-0.05, 0) is 28.7 Å². The van der Waals surface area contributed by atoms with Crippen molar-refractivity contribution in [1.29, 1.82) is 0 Å². The number of benzene rings is 2. The largest absolute Gasteiger partial charge is 0.444 e. The van der Waals surface area contributed by atoms with Gasteiger partial charge < -0.3 is 4.74 Å². The van der Waals surface area contributed by atoms with E-state index in [9.17, 15) is 35.2 Å². The lowest BCUT2D eigenvalue weighted by molar-refractivity contribution is -0.261. The van der Waals surface area contributed by atoms with Gasteiger partial charge in [-0.15, -0.1) is 0 Å². The van der Waals surface area contributed by atoms with Gasteiger partial charge in [-0.25, -0.2) is 0 Å². The second-order valence-electron chi connectivity index (χ2n) is 7.53. The van der Waals surface area contributed by atoms with Gasteiger partial charge in [0.2, 0.25) is 0 Å². The Balaban J connectivity index is 1.73. The van der Waals surface area contributed by atoms with E-state index < -0.39 is 45.5 Å². The Bertz CT molecular complexity index is 1100. The molecule has 0 heterocycles. The number of halogens is 5. The highest BCUT2D eigenvalue weighted by Gasteiger charge is 2.66. The van der Waals surface area contributed by atoms with Crippen molar-refractivity contribution in [3.05, 3.63) is 70.8 Å². The van der Waals surface area contributed by atoms with Crippen molar-refractivity contribution in [3.63, 3.8) is 0 Å². The molecule has 3 aliphatic rings. The Kier molecular flexibility index (Phi) is 4.89. The van der Waals surface area contributed by atoms with E-state index in [1.807, 2.05) is 12.1 Å². The smallest absolute Gasteiger partial charge is 0.432 e. The highest BCUT2D eigenvalue weighted by Crippen LogP contribution is 2.56. The van der Waals surface area contributed by atoms with Gasteiger partial charge in [0.25, 0.3) is 6.10 Å². The zero-order chi connectivity index (χ0) is 22.8. The van der Waals surface area contributed by atoms with E-state index in [-0.39, 0.29) is 12.3 Å². The van der Waals surface area contributed by atoms with Crippen LogP contribution in [0.25, 0.3) is 0 Å². The molecule has 2 bridgehead atoms. The minimum absolute atomic E-state index is 0.0134. The Morgan fingerprint density at radius 1 is 0.935 bits per heavy atom. The molecule has 0 aromatic heterocycles. The topological polar surface area (TPSA) is 80.7 Å². The van der Waals surface area contributed by atoms with Gasteiger partial charge >= 0.3 is 27.5 Å². The predicted molar refractivity (Wildman–Crippen MR) is 97.1 cm³/mol. The molecule has 0 saturated heterocycles. The molecule has 0 amide bonds. The Hall–Kier alpha value is -2.53. The molecule has 0 spiro atoms. The van der Waals surface area contributed by atoms with Gasteiger partial charge in [0.05, 0.1) is 5.92 Å². The molecule has 1 N–H and O–H groups in total. The highest BCUT2D eigenvalue weighted by atomic mass is 32.2. The minimum Gasteiger partial charge on any atom is -0.444 e. The Morgan fingerprint density at radius 3 is 1.81 bits per heavy atom. The summed E-state index contributed by atoms with van der Waals surface area (Å²) in [6, 6.07) is 14.0. The fourth-order valence-electron chi connectivity index (χ4n) is 4.53. The van der Waals surface area contributed by atoms with Crippen LogP contribution < -0.4 is 0 Å².